The lowest BCUT2D eigenvalue weighted by atomic mass is 10.2. The lowest BCUT2D eigenvalue weighted by Gasteiger charge is -2.11. The van der Waals surface area contributed by atoms with Gasteiger partial charge in [0.25, 0.3) is 0 Å². The molecule has 0 fully saturated rings. The van der Waals surface area contributed by atoms with Gasteiger partial charge in [0.2, 0.25) is 17.8 Å². The number of ether oxygens (including phenoxy) is 2. The zero-order valence-electron chi connectivity index (χ0n) is 19.6. The Morgan fingerprint density at radius 2 is 1.29 bits per heavy atom. The molecule has 3 N–H and O–H groups in total. The van der Waals surface area contributed by atoms with Crippen molar-refractivity contribution in [2.75, 3.05) is 29.3 Å². The molecule has 35 heavy (non-hydrogen) atoms. The molecule has 0 bridgehead atoms. The first-order valence-electron chi connectivity index (χ1n) is 11.3. The van der Waals surface area contributed by atoms with Crippen LogP contribution in [-0.2, 0) is 0 Å². The van der Waals surface area contributed by atoms with Gasteiger partial charge >= 0.3 is 0 Å². The molecular weight excluding hydrogens is 442 g/mol. The number of nitrogens with one attached hydrogen (secondary N) is 3. The van der Waals surface area contributed by atoms with Gasteiger partial charge in [-0.15, -0.1) is 0 Å². The fourth-order valence-corrected chi connectivity index (χ4v) is 3.16. The first-order chi connectivity index (χ1) is 17.2. The number of rotatable bonds is 11. The van der Waals surface area contributed by atoms with Crippen molar-refractivity contribution in [1.82, 2.24) is 15.0 Å². The number of anilines is 5. The molecule has 0 saturated heterocycles. The number of para-hydroxylation sites is 2. The summed E-state index contributed by atoms with van der Waals surface area (Å²) in [6, 6.07) is 25.0. The molecule has 0 saturated carbocycles. The van der Waals surface area contributed by atoms with E-state index >= 15 is 0 Å². The van der Waals surface area contributed by atoms with Gasteiger partial charge in [-0.3, -0.25) is 0 Å². The molecule has 4 aromatic rings. The maximum Gasteiger partial charge on any atom is 0.250 e. The van der Waals surface area contributed by atoms with Crippen molar-refractivity contribution in [3.8, 4) is 11.5 Å². The molecule has 1 aromatic heterocycles. The summed E-state index contributed by atoms with van der Waals surface area (Å²) in [5, 5.41) is 10.7. The fourth-order valence-electron chi connectivity index (χ4n) is 3.16. The van der Waals surface area contributed by atoms with Crippen molar-refractivity contribution in [3.05, 3.63) is 84.4 Å². The molecule has 0 unspecified atom stereocenters. The van der Waals surface area contributed by atoms with Gasteiger partial charge in [0.15, 0.2) is 0 Å². The third-order valence-corrected chi connectivity index (χ3v) is 4.66. The summed E-state index contributed by atoms with van der Waals surface area (Å²) in [4.78, 5) is 13.4. The van der Waals surface area contributed by atoms with Crippen LogP contribution in [0.5, 0.6) is 11.5 Å². The third kappa shape index (κ3) is 6.91. The Kier molecular flexibility index (Phi) is 8.05. The first-order valence-corrected chi connectivity index (χ1v) is 11.3. The lowest BCUT2D eigenvalue weighted by molar-refractivity contribution is 0.323. The monoisotopic (exact) mass is 469 g/mol. The van der Waals surface area contributed by atoms with Gasteiger partial charge in [0.1, 0.15) is 11.5 Å². The van der Waals surface area contributed by atoms with Gasteiger partial charge in [0.05, 0.1) is 19.4 Å². The minimum Gasteiger partial charge on any atom is -0.494 e. The average Bonchev–Trinajstić information content (AvgIpc) is 2.87. The second-order valence-electron chi connectivity index (χ2n) is 7.22. The number of aromatic nitrogens is 3. The second kappa shape index (κ2) is 12.0. The highest BCUT2D eigenvalue weighted by Crippen LogP contribution is 2.24. The van der Waals surface area contributed by atoms with Gasteiger partial charge in [-0.05, 0) is 50.2 Å². The molecule has 0 amide bonds. The van der Waals surface area contributed by atoms with E-state index in [-0.39, 0.29) is 5.95 Å². The number of nitrogens with zero attached hydrogens (tertiary/aromatic N) is 4. The summed E-state index contributed by atoms with van der Waals surface area (Å²) >= 11 is 0. The number of hydrogen-bond donors (Lipinski definition) is 3. The Hall–Kier alpha value is -4.66. The van der Waals surface area contributed by atoms with Crippen LogP contribution in [0.4, 0.5) is 29.2 Å². The zero-order valence-corrected chi connectivity index (χ0v) is 19.6. The SMILES string of the molecule is CCOc1ccc(/C=N\Nc2nc(Nc3ccccc3)nc(Nc3ccccc3)n2)c(OCC)c1. The molecule has 9 heteroatoms. The predicted molar refractivity (Wildman–Crippen MR) is 139 cm³/mol. The van der Waals surface area contributed by atoms with E-state index in [1.165, 1.54) is 0 Å². The van der Waals surface area contributed by atoms with Gasteiger partial charge in [-0.25, -0.2) is 5.43 Å². The quantitative estimate of drug-likeness (QED) is 0.192. The molecule has 1 heterocycles. The smallest absolute Gasteiger partial charge is 0.250 e. The molecule has 0 atom stereocenters. The minimum atomic E-state index is 0.275. The van der Waals surface area contributed by atoms with E-state index in [2.05, 4.69) is 36.1 Å². The summed E-state index contributed by atoms with van der Waals surface area (Å²) < 4.78 is 11.3. The Balaban J connectivity index is 1.56. The van der Waals surface area contributed by atoms with Crippen LogP contribution >= 0.6 is 0 Å². The number of benzene rings is 3. The van der Waals surface area contributed by atoms with E-state index in [0.29, 0.717) is 30.9 Å². The summed E-state index contributed by atoms with van der Waals surface area (Å²) in [5.41, 5.74) is 5.40. The van der Waals surface area contributed by atoms with E-state index in [9.17, 15) is 0 Å². The van der Waals surface area contributed by atoms with Crippen LogP contribution in [0.25, 0.3) is 0 Å². The third-order valence-electron chi connectivity index (χ3n) is 4.66. The molecule has 3 aromatic carbocycles. The Morgan fingerprint density at radius 3 is 1.86 bits per heavy atom. The fraction of sp³-hybridized carbons (Fsp3) is 0.154. The van der Waals surface area contributed by atoms with E-state index in [0.717, 1.165) is 22.7 Å². The van der Waals surface area contributed by atoms with E-state index in [4.69, 9.17) is 9.47 Å². The second-order valence-corrected chi connectivity index (χ2v) is 7.22. The van der Waals surface area contributed by atoms with Crippen LogP contribution in [0.2, 0.25) is 0 Å². The van der Waals surface area contributed by atoms with Crippen LogP contribution in [0.15, 0.2) is 84.0 Å². The standard InChI is InChI=1S/C26H27N7O2/c1-3-34-22-16-15-19(23(17-22)35-4-2)18-27-33-26-31-24(28-20-11-7-5-8-12-20)30-25(32-26)29-21-13-9-6-10-14-21/h5-18H,3-4H2,1-2H3,(H3,28,29,30,31,32,33)/b27-18-. The van der Waals surface area contributed by atoms with Crippen molar-refractivity contribution in [2.24, 2.45) is 5.10 Å². The maximum absolute atomic E-state index is 5.74. The van der Waals surface area contributed by atoms with Crippen molar-refractivity contribution >= 4 is 35.4 Å². The van der Waals surface area contributed by atoms with Crippen molar-refractivity contribution in [2.45, 2.75) is 13.8 Å². The summed E-state index contributed by atoms with van der Waals surface area (Å²) in [6.07, 6.45) is 1.65. The van der Waals surface area contributed by atoms with Crippen LogP contribution in [0.3, 0.4) is 0 Å². The van der Waals surface area contributed by atoms with Crippen LogP contribution < -0.4 is 25.5 Å². The van der Waals surface area contributed by atoms with Crippen molar-refractivity contribution in [1.29, 1.82) is 0 Å². The highest BCUT2D eigenvalue weighted by Gasteiger charge is 2.08. The molecular formula is C26H27N7O2. The average molecular weight is 470 g/mol. The molecule has 4 rings (SSSR count). The van der Waals surface area contributed by atoms with E-state index in [1.807, 2.05) is 92.7 Å². The molecule has 178 valence electrons. The topological polar surface area (TPSA) is 106 Å². The predicted octanol–water partition coefficient (Wildman–Crippen LogP) is 5.60. The molecule has 0 radical (unpaired) electrons. The Morgan fingerprint density at radius 1 is 0.714 bits per heavy atom. The zero-order chi connectivity index (χ0) is 24.3. The molecule has 0 aliphatic heterocycles. The highest BCUT2D eigenvalue weighted by atomic mass is 16.5. The van der Waals surface area contributed by atoms with Gasteiger partial charge in [0, 0.05) is 23.0 Å². The maximum atomic E-state index is 5.74. The van der Waals surface area contributed by atoms with Gasteiger partial charge < -0.3 is 20.1 Å². The first kappa shape index (κ1) is 23.5. The number of hydrazone groups is 1. The summed E-state index contributed by atoms with van der Waals surface area (Å²) in [6.45, 7) is 4.98. The van der Waals surface area contributed by atoms with Crippen LogP contribution in [0.1, 0.15) is 19.4 Å². The Bertz CT molecular complexity index is 1190. The largest absolute Gasteiger partial charge is 0.494 e. The highest BCUT2D eigenvalue weighted by molar-refractivity contribution is 5.84. The van der Waals surface area contributed by atoms with Gasteiger partial charge in [-0.2, -0.15) is 20.1 Å². The van der Waals surface area contributed by atoms with Crippen molar-refractivity contribution < 1.29 is 9.47 Å². The number of hydrogen-bond acceptors (Lipinski definition) is 9. The van der Waals surface area contributed by atoms with Crippen molar-refractivity contribution in [3.63, 3.8) is 0 Å². The Labute approximate surface area is 204 Å². The lowest BCUT2D eigenvalue weighted by Crippen LogP contribution is -2.07. The van der Waals surface area contributed by atoms with Crippen LogP contribution in [0, 0.1) is 0 Å². The normalized spacial score (nSPS) is 10.7. The summed E-state index contributed by atoms with van der Waals surface area (Å²) in [7, 11) is 0. The molecule has 9 nitrogen and oxygen atoms in total. The van der Waals surface area contributed by atoms with E-state index in [1.54, 1.807) is 6.21 Å². The van der Waals surface area contributed by atoms with Crippen LogP contribution in [-0.4, -0.2) is 34.4 Å². The molecule has 0 aliphatic carbocycles. The minimum absolute atomic E-state index is 0.275. The van der Waals surface area contributed by atoms with Gasteiger partial charge in [-0.1, -0.05) is 36.4 Å². The van der Waals surface area contributed by atoms with E-state index < -0.39 is 0 Å². The molecule has 0 aliphatic rings. The summed E-state index contributed by atoms with van der Waals surface area (Å²) in [5.74, 6) is 2.44. The molecule has 0 spiro atoms.